The zero-order valence-electron chi connectivity index (χ0n) is 16.7. The van der Waals surface area contributed by atoms with Crippen molar-refractivity contribution in [2.75, 3.05) is 25.4 Å². The van der Waals surface area contributed by atoms with Gasteiger partial charge in [0.05, 0.1) is 0 Å². The summed E-state index contributed by atoms with van der Waals surface area (Å²) in [6, 6.07) is 1.86. The molecule has 3 rings (SSSR count). The summed E-state index contributed by atoms with van der Waals surface area (Å²) in [6.45, 7) is 4.92. The molecule has 1 unspecified atom stereocenters. The van der Waals surface area contributed by atoms with Crippen LogP contribution >= 0.6 is 36.6 Å². The number of rotatable bonds is 7. The van der Waals surface area contributed by atoms with Gasteiger partial charge in [-0.15, -0.1) is 24.8 Å². The Kier molecular flexibility index (Phi) is 10.8. The van der Waals surface area contributed by atoms with Crippen molar-refractivity contribution in [2.24, 2.45) is 13.0 Å². The number of amides is 1. The van der Waals surface area contributed by atoms with Crippen molar-refractivity contribution >= 4 is 42.5 Å². The number of piperidine rings is 1. The van der Waals surface area contributed by atoms with E-state index >= 15 is 0 Å². The van der Waals surface area contributed by atoms with Gasteiger partial charge in [-0.05, 0) is 50.4 Å². The molecule has 1 aliphatic heterocycles. The van der Waals surface area contributed by atoms with Crippen molar-refractivity contribution in [3.8, 4) is 0 Å². The average Bonchev–Trinajstić information content (AvgIpc) is 3.07. The second kappa shape index (κ2) is 12.3. The highest BCUT2D eigenvalue weighted by atomic mass is 35.5. The fraction of sp³-hybridized carbons (Fsp3) is 0.526. The first-order chi connectivity index (χ1) is 13.1. The summed E-state index contributed by atoms with van der Waals surface area (Å²) in [5.41, 5.74) is 0.769. The second-order valence-corrected chi connectivity index (χ2v) is 8.03. The number of thioether (sulfide) groups is 1. The molecule has 1 fully saturated rings. The van der Waals surface area contributed by atoms with Crippen LogP contribution in [0, 0.1) is 12.8 Å². The molecule has 10 heteroatoms. The van der Waals surface area contributed by atoms with Crippen molar-refractivity contribution in [3.05, 3.63) is 46.1 Å². The molecule has 1 amide bonds. The van der Waals surface area contributed by atoms with Gasteiger partial charge in [0.25, 0.3) is 11.5 Å². The van der Waals surface area contributed by atoms with E-state index in [1.807, 2.05) is 30.8 Å². The summed E-state index contributed by atoms with van der Waals surface area (Å²) in [5.74, 6) is 0.836. The lowest BCUT2D eigenvalue weighted by Gasteiger charge is -2.23. The third-order valence-corrected chi connectivity index (χ3v) is 5.91. The molecule has 1 atom stereocenters. The maximum atomic E-state index is 12.8. The van der Waals surface area contributed by atoms with Crippen LogP contribution in [-0.2, 0) is 13.6 Å². The second-order valence-electron chi connectivity index (χ2n) is 6.97. The van der Waals surface area contributed by atoms with Crippen molar-refractivity contribution in [3.63, 3.8) is 0 Å². The molecule has 0 radical (unpaired) electrons. The third kappa shape index (κ3) is 6.77. The van der Waals surface area contributed by atoms with Gasteiger partial charge in [0.15, 0.2) is 5.16 Å². The summed E-state index contributed by atoms with van der Waals surface area (Å²) in [5, 5.41) is 7.15. The first kappa shape index (κ1) is 25.6. The molecular formula is C19H29Cl2N5O2S. The zero-order valence-corrected chi connectivity index (χ0v) is 19.2. The number of aryl methyl sites for hydroxylation is 2. The Bertz CT molecular complexity index is 849. The van der Waals surface area contributed by atoms with Gasteiger partial charge in [-0.3, -0.25) is 9.59 Å². The van der Waals surface area contributed by atoms with Crippen LogP contribution in [0.3, 0.4) is 0 Å². The monoisotopic (exact) mass is 461 g/mol. The minimum absolute atomic E-state index is 0. The molecule has 1 saturated heterocycles. The number of aromatic nitrogens is 3. The number of nitrogens with one attached hydrogen (secondary N) is 2. The molecule has 0 spiro atoms. The van der Waals surface area contributed by atoms with Crippen LogP contribution in [0.15, 0.2) is 34.6 Å². The third-order valence-electron chi connectivity index (χ3n) is 4.85. The summed E-state index contributed by atoms with van der Waals surface area (Å²) >= 11 is 1.57. The van der Waals surface area contributed by atoms with Crippen molar-refractivity contribution in [2.45, 2.75) is 31.5 Å². The molecular weight excluding hydrogens is 433 g/mol. The van der Waals surface area contributed by atoms with E-state index < -0.39 is 0 Å². The van der Waals surface area contributed by atoms with Crippen LogP contribution in [-0.4, -0.2) is 45.4 Å². The van der Waals surface area contributed by atoms with Crippen molar-refractivity contribution in [1.82, 2.24) is 24.8 Å². The van der Waals surface area contributed by atoms with Gasteiger partial charge in [-0.25, -0.2) is 4.98 Å². The first-order valence-electron chi connectivity index (χ1n) is 9.35. The standard InChI is InChI=1S/C19H27N5O2S.2ClH/c1-14-5-9-24(13-15-4-3-6-20-12-15)18(26)16(14)17(25)21-8-11-27-19-22-7-10-23(19)2;;/h5,7,9-10,15,20H,3-4,6,8,11-13H2,1-2H3,(H,21,25);2*1H. The van der Waals surface area contributed by atoms with Gasteiger partial charge in [0.1, 0.15) is 5.56 Å². The molecule has 29 heavy (non-hydrogen) atoms. The van der Waals surface area contributed by atoms with Gasteiger partial charge in [0, 0.05) is 44.5 Å². The predicted octanol–water partition coefficient (Wildman–Crippen LogP) is 2.26. The lowest BCUT2D eigenvalue weighted by atomic mass is 9.99. The number of imidazole rings is 1. The van der Waals surface area contributed by atoms with Crippen LogP contribution in [0.1, 0.15) is 28.8 Å². The van der Waals surface area contributed by atoms with E-state index in [2.05, 4.69) is 15.6 Å². The number of carbonyl (C=O) groups excluding carboxylic acids is 1. The van der Waals surface area contributed by atoms with Crippen LogP contribution in [0.4, 0.5) is 0 Å². The molecule has 0 aliphatic carbocycles. The van der Waals surface area contributed by atoms with Gasteiger partial charge < -0.3 is 19.8 Å². The van der Waals surface area contributed by atoms with E-state index in [-0.39, 0.29) is 41.8 Å². The summed E-state index contributed by atoms with van der Waals surface area (Å²) in [4.78, 5) is 29.7. The summed E-state index contributed by atoms with van der Waals surface area (Å²) < 4.78 is 3.62. The minimum atomic E-state index is -0.297. The predicted molar refractivity (Wildman–Crippen MR) is 122 cm³/mol. The fourth-order valence-electron chi connectivity index (χ4n) is 3.33. The SMILES string of the molecule is Cc1ccn(CC2CCCNC2)c(=O)c1C(=O)NCCSc1nccn1C.Cl.Cl. The number of hydrogen-bond acceptors (Lipinski definition) is 5. The molecule has 1 aliphatic rings. The van der Waals surface area contributed by atoms with Gasteiger partial charge in [-0.1, -0.05) is 11.8 Å². The minimum Gasteiger partial charge on any atom is -0.351 e. The highest BCUT2D eigenvalue weighted by Crippen LogP contribution is 2.14. The lowest BCUT2D eigenvalue weighted by molar-refractivity contribution is 0.0953. The van der Waals surface area contributed by atoms with Gasteiger partial charge >= 0.3 is 0 Å². The quantitative estimate of drug-likeness (QED) is 0.488. The number of hydrogen-bond donors (Lipinski definition) is 2. The molecule has 0 saturated carbocycles. The smallest absolute Gasteiger partial charge is 0.263 e. The van der Waals surface area contributed by atoms with E-state index in [0.29, 0.717) is 30.3 Å². The van der Waals surface area contributed by atoms with E-state index in [0.717, 1.165) is 31.1 Å². The van der Waals surface area contributed by atoms with E-state index in [1.165, 1.54) is 0 Å². The Labute approximate surface area is 187 Å². The van der Waals surface area contributed by atoms with Crippen molar-refractivity contribution < 1.29 is 4.79 Å². The van der Waals surface area contributed by atoms with Crippen molar-refractivity contribution in [1.29, 1.82) is 0 Å². The highest BCUT2D eigenvalue weighted by Gasteiger charge is 2.18. The largest absolute Gasteiger partial charge is 0.351 e. The Balaban J connectivity index is 0.00000210. The molecule has 0 bridgehead atoms. The molecule has 2 aromatic rings. The Morgan fingerprint density at radius 2 is 2.17 bits per heavy atom. The molecule has 2 N–H and O–H groups in total. The van der Waals surface area contributed by atoms with E-state index in [9.17, 15) is 9.59 Å². The number of carbonyl (C=O) groups is 1. The Hall–Kier alpha value is -1.48. The number of nitrogens with zero attached hydrogens (tertiary/aromatic N) is 3. The van der Waals surface area contributed by atoms with Crippen LogP contribution in [0.2, 0.25) is 0 Å². The molecule has 2 aromatic heterocycles. The Morgan fingerprint density at radius 1 is 1.38 bits per heavy atom. The highest BCUT2D eigenvalue weighted by molar-refractivity contribution is 7.99. The summed E-state index contributed by atoms with van der Waals surface area (Å²) in [6.07, 6.45) is 7.68. The molecule has 162 valence electrons. The van der Waals surface area contributed by atoms with Crippen LogP contribution in [0.25, 0.3) is 0 Å². The number of pyridine rings is 1. The van der Waals surface area contributed by atoms with Gasteiger partial charge in [-0.2, -0.15) is 0 Å². The lowest BCUT2D eigenvalue weighted by Crippen LogP contribution is -2.38. The Morgan fingerprint density at radius 3 is 2.83 bits per heavy atom. The van der Waals surface area contributed by atoms with Crippen LogP contribution < -0.4 is 16.2 Å². The first-order valence-corrected chi connectivity index (χ1v) is 10.3. The fourth-order valence-corrected chi connectivity index (χ4v) is 4.12. The maximum Gasteiger partial charge on any atom is 0.263 e. The molecule has 7 nitrogen and oxygen atoms in total. The normalized spacial score (nSPS) is 15.9. The number of halogens is 2. The zero-order chi connectivity index (χ0) is 19.2. The topological polar surface area (TPSA) is 81.0 Å². The van der Waals surface area contributed by atoms with E-state index in [1.54, 1.807) is 28.7 Å². The van der Waals surface area contributed by atoms with E-state index in [4.69, 9.17) is 0 Å². The molecule has 3 heterocycles. The van der Waals surface area contributed by atoms with Crippen LogP contribution in [0.5, 0.6) is 0 Å². The average molecular weight is 462 g/mol. The summed E-state index contributed by atoms with van der Waals surface area (Å²) in [7, 11) is 1.94. The van der Waals surface area contributed by atoms with Gasteiger partial charge in [0.2, 0.25) is 0 Å². The molecule has 0 aromatic carbocycles. The maximum absolute atomic E-state index is 12.8.